The van der Waals surface area contributed by atoms with Gasteiger partial charge in [-0.05, 0) is 37.8 Å². The second-order valence-electron chi connectivity index (χ2n) is 5.69. The molecule has 2 saturated carbocycles. The Labute approximate surface area is 118 Å². The summed E-state index contributed by atoms with van der Waals surface area (Å²) in [5.41, 5.74) is 2.23. The van der Waals surface area contributed by atoms with E-state index in [4.69, 9.17) is 0 Å². The molecule has 0 saturated heterocycles. The fourth-order valence-corrected chi connectivity index (χ4v) is 2.26. The van der Waals surface area contributed by atoms with E-state index in [9.17, 15) is 0 Å². The lowest BCUT2D eigenvalue weighted by molar-refractivity contribution is 0.968. The summed E-state index contributed by atoms with van der Waals surface area (Å²) in [4.78, 5) is 9.24. The Balaban J connectivity index is 1.61. The monoisotopic (exact) mass is 266 g/mol. The van der Waals surface area contributed by atoms with Gasteiger partial charge in [-0.25, -0.2) is 4.98 Å². The highest BCUT2D eigenvalue weighted by Crippen LogP contribution is 2.40. The van der Waals surface area contributed by atoms with Gasteiger partial charge in [0, 0.05) is 23.7 Å². The average molecular weight is 266 g/mol. The molecule has 102 valence electrons. The molecule has 2 N–H and O–H groups in total. The molecule has 0 spiro atoms. The molecule has 1 aromatic carbocycles. The lowest BCUT2D eigenvalue weighted by atomic mass is 10.2. The van der Waals surface area contributed by atoms with Crippen molar-refractivity contribution in [3.8, 4) is 0 Å². The van der Waals surface area contributed by atoms with E-state index >= 15 is 0 Å². The minimum absolute atomic E-state index is 0.578. The molecule has 0 radical (unpaired) electrons. The molecule has 4 rings (SSSR count). The average Bonchev–Trinajstić information content (AvgIpc) is 3.34. The van der Waals surface area contributed by atoms with Gasteiger partial charge in [-0.2, -0.15) is 4.98 Å². The van der Waals surface area contributed by atoms with Crippen LogP contribution in [0, 0.1) is 0 Å². The molecule has 4 heteroatoms. The van der Waals surface area contributed by atoms with Crippen molar-refractivity contribution >= 4 is 17.5 Å². The van der Waals surface area contributed by atoms with E-state index in [1.165, 1.54) is 31.4 Å². The number of hydrogen-bond donors (Lipinski definition) is 2. The first-order valence-corrected chi connectivity index (χ1v) is 7.34. The van der Waals surface area contributed by atoms with Crippen LogP contribution < -0.4 is 10.6 Å². The molecule has 2 fully saturated rings. The molecule has 0 atom stereocenters. The number of rotatable bonds is 5. The van der Waals surface area contributed by atoms with Gasteiger partial charge in [0.15, 0.2) is 0 Å². The van der Waals surface area contributed by atoms with E-state index in [0.717, 1.165) is 17.5 Å². The molecule has 1 heterocycles. The maximum atomic E-state index is 4.65. The van der Waals surface area contributed by atoms with E-state index in [2.05, 4.69) is 26.7 Å². The summed E-state index contributed by atoms with van der Waals surface area (Å²) in [6.07, 6.45) is 4.98. The predicted molar refractivity (Wildman–Crippen MR) is 80.4 cm³/mol. The van der Waals surface area contributed by atoms with Crippen LogP contribution in [0.2, 0.25) is 0 Å². The largest absolute Gasteiger partial charge is 0.351 e. The van der Waals surface area contributed by atoms with Crippen molar-refractivity contribution in [2.45, 2.75) is 37.6 Å². The molecule has 2 aliphatic carbocycles. The van der Waals surface area contributed by atoms with Crippen molar-refractivity contribution in [3.63, 3.8) is 0 Å². The molecule has 0 amide bonds. The van der Waals surface area contributed by atoms with Crippen LogP contribution in [-0.4, -0.2) is 16.0 Å². The Kier molecular flexibility index (Phi) is 2.80. The Bertz CT molecular complexity index is 603. The summed E-state index contributed by atoms with van der Waals surface area (Å²) in [5, 5.41) is 6.77. The summed E-state index contributed by atoms with van der Waals surface area (Å²) in [5.74, 6) is 2.29. The van der Waals surface area contributed by atoms with E-state index < -0.39 is 0 Å². The van der Waals surface area contributed by atoms with Crippen LogP contribution in [0.3, 0.4) is 0 Å². The molecule has 0 unspecified atom stereocenters. The van der Waals surface area contributed by atoms with Crippen LogP contribution >= 0.6 is 0 Å². The smallest absolute Gasteiger partial charge is 0.225 e. The Morgan fingerprint density at radius 1 is 0.950 bits per heavy atom. The Morgan fingerprint density at radius 3 is 2.45 bits per heavy atom. The second kappa shape index (κ2) is 4.78. The number of para-hydroxylation sites is 1. The Morgan fingerprint density at radius 2 is 1.75 bits per heavy atom. The number of nitrogens with zero attached hydrogens (tertiary/aromatic N) is 2. The normalized spacial score (nSPS) is 17.8. The fraction of sp³-hybridized carbons (Fsp3) is 0.375. The molecular weight excluding hydrogens is 248 g/mol. The van der Waals surface area contributed by atoms with E-state index in [1.807, 2.05) is 30.3 Å². The highest BCUT2D eigenvalue weighted by molar-refractivity contribution is 5.57. The topological polar surface area (TPSA) is 49.8 Å². The number of anilines is 3. The van der Waals surface area contributed by atoms with E-state index in [1.54, 1.807) is 0 Å². The standard InChI is InChI=1S/C16H18N4/c1-2-4-12(5-3-1)17-15-10-14(11-6-7-11)19-16(20-15)18-13-8-9-13/h1-5,10-11,13H,6-9H2,(H2,17,18,19,20). The predicted octanol–water partition coefficient (Wildman–Crippen LogP) is 3.67. The zero-order chi connectivity index (χ0) is 13.4. The van der Waals surface area contributed by atoms with Gasteiger partial charge in [-0.15, -0.1) is 0 Å². The van der Waals surface area contributed by atoms with Crippen LogP contribution in [-0.2, 0) is 0 Å². The van der Waals surface area contributed by atoms with Crippen molar-refractivity contribution in [2.24, 2.45) is 0 Å². The number of benzene rings is 1. The summed E-state index contributed by atoms with van der Waals surface area (Å²) in [6.45, 7) is 0. The first-order chi connectivity index (χ1) is 9.87. The highest BCUT2D eigenvalue weighted by atomic mass is 15.2. The summed E-state index contributed by atoms with van der Waals surface area (Å²) >= 11 is 0. The molecule has 20 heavy (non-hydrogen) atoms. The third-order valence-corrected chi connectivity index (χ3v) is 3.70. The van der Waals surface area contributed by atoms with Crippen LogP contribution in [0.15, 0.2) is 36.4 Å². The highest BCUT2D eigenvalue weighted by Gasteiger charge is 2.27. The van der Waals surface area contributed by atoms with E-state index in [-0.39, 0.29) is 0 Å². The third-order valence-electron chi connectivity index (χ3n) is 3.70. The van der Waals surface area contributed by atoms with Gasteiger partial charge in [-0.1, -0.05) is 18.2 Å². The summed E-state index contributed by atoms with van der Waals surface area (Å²) in [7, 11) is 0. The van der Waals surface area contributed by atoms with Crippen molar-refractivity contribution in [1.29, 1.82) is 0 Å². The number of nitrogens with one attached hydrogen (secondary N) is 2. The zero-order valence-electron chi connectivity index (χ0n) is 11.3. The van der Waals surface area contributed by atoms with Crippen LogP contribution in [0.4, 0.5) is 17.5 Å². The zero-order valence-corrected chi connectivity index (χ0v) is 11.3. The van der Waals surface area contributed by atoms with Crippen molar-refractivity contribution in [2.75, 3.05) is 10.6 Å². The van der Waals surface area contributed by atoms with Crippen molar-refractivity contribution in [1.82, 2.24) is 9.97 Å². The van der Waals surface area contributed by atoms with Gasteiger partial charge in [0.2, 0.25) is 5.95 Å². The first-order valence-electron chi connectivity index (χ1n) is 7.34. The van der Waals surface area contributed by atoms with Gasteiger partial charge >= 0.3 is 0 Å². The molecular formula is C16H18N4. The quantitative estimate of drug-likeness (QED) is 0.867. The van der Waals surface area contributed by atoms with Gasteiger partial charge in [-0.3, -0.25) is 0 Å². The SMILES string of the molecule is c1ccc(Nc2cc(C3CC3)nc(NC3CC3)n2)cc1. The minimum Gasteiger partial charge on any atom is -0.351 e. The second-order valence-corrected chi connectivity index (χ2v) is 5.69. The first kappa shape index (κ1) is 11.7. The van der Waals surface area contributed by atoms with Gasteiger partial charge in [0.1, 0.15) is 5.82 Å². The number of hydrogen-bond acceptors (Lipinski definition) is 4. The molecule has 4 nitrogen and oxygen atoms in total. The molecule has 2 aromatic rings. The fourth-order valence-electron chi connectivity index (χ4n) is 2.26. The van der Waals surface area contributed by atoms with Crippen LogP contribution in [0.25, 0.3) is 0 Å². The van der Waals surface area contributed by atoms with Crippen LogP contribution in [0.5, 0.6) is 0 Å². The lowest BCUT2D eigenvalue weighted by Gasteiger charge is -2.10. The van der Waals surface area contributed by atoms with Crippen molar-refractivity contribution in [3.05, 3.63) is 42.1 Å². The minimum atomic E-state index is 0.578. The van der Waals surface area contributed by atoms with E-state index in [0.29, 0.717) is 12.0 Å². The Hall–Kier alpha value is -2.10. The lowest BCUT2D eigenvalue weighted by Crippen LogP contribution is -2.08. The van der Waals surface area contributed by atoms with Gasteiger partial charge < -0.3 is 10.6 Å². The summed E-state index contributed by atoms with van der Waals surface area (Å²) in [6, 6.07) is 12.8. The van der Waals surface area contributed by atoms with Crippen molar-refractivity contribution < 1.29 is 0 Å². The summed E-state index contributed by atoms with van der Waals surface area (Å²) < 4.78 is 0. The third kappa shape index (κ3) is 2.74. The maximum Gasteiger partial charge on any atom is 0.225 e. The molecule has 0 aliphatic heterocycles. The maximum absolute atomic E-state index is 4.65. The van der Waals surface area contributed by atoms with Gasteiger partial charge in [0.25, 0.3) is 0 Å². The molecule has 0 bridgehead atoms. The van der Waals surface area contributed by atoms with Crippen LogP contribution in [0.1, 0.15) is 37.3 Å². The number of aromatic nitrogens is 2. The molecule has 2 aliphatic rings. The van der Waals surface area contributed by atoms with Gasteiger partial charge in [0.05, 0.1) is 5.69 Å². The molecule has 1 aromatic heterocycles.